The Bertz CT molecular complexity index is 1090. The van der Waals surface area contributed by atoms with Crippen molar-refractivity contribution in [1.82, 2.24) is 4.90 Å². The van der Waals surface area contributed by atoms with E-state index in [1.54, 1.807) is 25.3 Å². The lowest BCUT2D eigenvalue weighted by molar-refractivity contribution is -0.307. The quantitative estimate of drug-likeness (QED) is 0.566. The Morgan fingerprint density at radius 3 is 2.45 bits per heavy atom. The number of hydrogen-bond acceptors (Lipinski definition) is 9. The van der Waals surface area contributed by atoms with Gasteiger partial charge in [-0.3, -0.25) is 9.69 Å². The molecule has 1 fully saturated rings. The van der Waals surface area contributed by atoms with Gasteiger partial charge in [0.1, 0.15) is 6.61 Å². The molecule has 10 heteroatoms. The van der Waals surface area contributed by atoms with Crippen molar-refractivity contribution in [3.8, 4) is 11.5 Å². The SMILES string of the molecule is COc1cc(/C=C2\SC(=Nc3ccc(C(=O)[O-])cc3)N(C)C2=O)ccc1OCC(=O)[O-]. The standard InChI is InChI=1S/C21H18N2O7S/c1-23-19(26)17(31-21(23)22-14-6-4-13(5-7-14)20(27)28)10-12-3-8-15(16(9-12)29-2)30-11-18(24)25/h3-10H,11H2,1-2H3,(H,24,25)(H,27,28)/p-2/b17-10-,22-21?. The van der Waals surface area contributed by atoms with Gasteiger partial charge in [0.2, 0.25) is 0 Å². The van der Waals surface area contributed by atoms with Crippen LogP contribution in [-0.4, -0.2) is 48.7 Å². The number of benzene rings is 2. The number of carboxylic acid groups (broad SMARTS) is 2. The molecule has 0 radical (unpaired) electrons. The minimum atomic E-state index is -1.36. The number of methoxy groups -OCH3 is 1. The molecule has 0 spiro atoms. The number of aliphatic imine (C=N–C) groups is 1. The summed E-state index contributed by atoms with van der Waals surface area (Å²) in [6, 6.07) is 10.6. The van der Waals surface area contributed by atoms with Gasteiger partial charge in [0, 0.05) is 7.05 Å². The van der Waals surface area contributed by atoms with Crippen LogP contribution in [0.5, 0.6) is 11.5 Å². The zero-order valence-electron chi connectivity index (χ0n) is 16.5. The second-order valence-corrected chi connectivity index (χ2v) is 7.28. The summed E-state index contributed by atoms with van der Waals surface area (Å²) in [5.41, 5.74) is 1.17. The lowest BCUT2D eigenvalue weighted by Gasteiger charge is -2.11. The Hall–Kier alpha value is -3.79. The third-order valence-corrected chi connectivity index (χ3v) is 5.22. The van der Waals surface area contributed by atoms with Crippen molar-refractivity contribution >= 4 is 46.5 Å². The van der Waals surface area contributed by atoms with Crippen molar-refractivity contribution in [3.05, 3.63) is 58.5 Å². The third kappa shape index (κ3) is 5.23. The monoisotopic (exact) mass is 440 g/mol. The van der Waals surface area contributed by atoms with E-state index in [-0.39, 0.29) is 17.2 Å². The molecule has 0 aromatic heterocycles. The van der Waals surface area contributed by atoms with E-state index in [2.05, 4.69) is 4.99 Å². The van der Waals surface area contributed by atoms with Gasteiger partial charge < -0.3 is 29.3 Å². The fourth-order valence-electron chi connectivity index (χ4n) is 2.62. The van der Waals surface area contributed by atoms with E-state index < -0.39 is 18.5 Å². The minimum Gasteiger partial charge on any atom is -0.546 e. The number of amidine groups is 1. The molecule has 0 unspecified atom stereocenters. The van der Waals surface area contributed by atoms with Crippen LogP contribution in [-0.2, 0) is 9.59 Å². The first-order valence-electron chi connectivity index (χ1n) is 8.87. The molecule has 0 saturated carbocycles. The van der Waals surface area contributed by atoms with Crippen LogP contribution in [0.15, 0.2) is 52.4 Å². The van der Waals surface area contributed by atoms with Gasteiger partial charge in [-0.2, -0.15) is 0 Å². The smallest absolute Gasteiger partial charge is 0.266 e. The maximum Gasteiger partial charge on any atom is 0.266 e. The van der Waals surface area contributed by atoms with Crippen LogP contribution in [0, 0.1) is 0 Å². The van der Waals surface area contributed by atoms with Crippen LogP contribution >= 0.6 is 11.8 Å². The van der Waals surface area contributed by atoms with Crippen molar-refractivity contribution in [2.45, 2.75) is 0 Å². The van der Waals surface area contributed by atoms with E-state index in [1.165, 1.54) is 42.3 Å². The van der Waals surface area contributed by atoms with E-state index in [0.29, 0.717) is 27.1 Å². The molecule has 1 aliphatic heterocycles. The molecule has 0 N–H and O–H groups in total. The zero-order chi connectivity index (χ0) is 22.5. The van der Waals surface area contributed by atoms with Crippen molar-refractivity contribution in [3.63, 3.8) is 0 Å². The van der Waals surface area contributed by atoms with Crippen molar-refractivity contribution < 1.29 is 34.1 Å². The van der Waals surface area contributed by atoms with E-state index in [9.17, 15) is 24.6 Å². The summed E-state index contributed by atoms with van der Waals surface area (Å²) in [7, 11) is 3.00. The minimum absolute atomic E-state index is 0.0361. The Kier molecular flexibility index (Phi) is 6.61. The highest BCUT2D eigenvalue weighted by atomic mass is 32.2. The molecule has 9 nitrogen and oxygen atoms in total. The molecule has 0 bridgehead atoms. The molecular formula is C21H16N2O7S-2. The molecular weight excluding hydrogens is 424 g/mol. The fraction of sp³-hybridized carbons (Fsp3) is 0.143. The van der Waals surface area contributed by atoms with Gasteiger partial charge in [-0.15, -0.1) is 0 Å². The molecule has 1 heterocycles. The molecule has 2 aromatic rings. The van der Waals surface area contributed by atoms with Crippen LogP contribution in [0.3, 0.4) is 0 Å². The van der Waals surface area contributed by atoms with Crippen molar-refractivity contribution in [2.75, 3.05) is 20.8 Å². The summed E-state index contributed by atoms with van der Waals surface area (Å²) >= 11 is 1.16. The van der Waals surface area contributed by atoms with E-state index in [4.69, 9.17) is 9.47 Å². The number of hydrogen-bond donors (Lipinski definition) is 0. The predicted octanol–water partition coefficient (Wildman–Crippen LogP) is 0.421. The molecule has 1 saturated heterocycles. The first-order valence-corrected chi connectivity index (χ1v) is 9.68. The van der Waals surface area contributed by atoms with E-state index in [1.807, 2.05) is 0 Å². The summed E-state index contributed by atoms with van der Waals surface area (Å²) < 4.78 is 10.3. The van der Waals surface area contributed by atoms with Gasteiger partial charge in [0.15, 0.2) is 16.7 Å². The highest BCUT2D eigenvalue weighted by Crippen LogP contribution is 2.35. The zero-order valence-corrected chi connectivity index (χ0v) is 17.3. The first-order chi connectivity index (χ1) is 14.8. The second kappa shape index (κ2) is 9.35. The lowest BCUT2D eigenvalue weighted by Crippen LogP contribution is -2.29. The van der Waals surface area contributed by atoms with Crippen LogP contribution < -0.4 is 19.7 Å². The predicted molar refractivity (Wildman–Crippen MR) is 110 cm³/mol. The van der Waals surface area contributed by atoms with E-state index >= 15 is 0 Å². The van der Waals surface area contributed by atoms with Gasteiger partial charge >= 0.3 is 0 Å². The number of aliphatic carboxylic acids is 1. The number of ether oxygens (including phenoxy) is 2. The summed E-state index contributed by atoms with van der Waals surface area (Å²) in [6.07, 6.45) is 1.65. The Labute approximate surface area is 181 Å². The average Bonchev–Trinajstić information content (AvgIpc) is 3.00. The van der Waals surface area contributed by atoms with Crippen LogP contribution in [0.25, 0.3) is 6.08 Å². The van der Waals surface area contributed by atoms with Gasteiger partial charge in [0.25, 0.3) is 5.91 Å². The fourth-order valence-corrected chi connectivity index (χ4v) is 3.60. The Morgan fingerprint density at radius 2 is 1.84 bits per heavy atom. The highest BCUT2D eigenvalue weighted by Gasteiger charge is 2.30. The number of carboxylic acids is 2. The van der Waals surface area contributed by atoms with E-state index in [0.717, 1.165) is 11.8 Å². The molecule has 0 aliphatic carbocycles. The first kappa shape index (κ1) is 21.9. The Morgan fingerprint density at radius 1 is 1.13 bits per heavy atom. The average molecular weight is 440 g/mol. The molecule has 31 heavy (non-hydrogen) atoms. The van der Waals surface area contributed by atoms with Crippen LogP contribution in [0.2, 0.25) is 0 Å². The summed E-state index contributed by atoms with van der Waals surface area (Å²) in [5, 5.41) is 21.8. The second-order valence-electron chi connectivity index (χ2n) is 6.27. The maximum absolute atomic E-state index is 12.6. The summed E-state index contributed by atoms with van der Waals surface area (Å²) in [6.45, 7) is -0.611. The normalized spacial score (nSPS) is 16.1. The number of thioether (sulfide) groups is 1. The molecule has 1 aliphatic rings. The number of aromatic carboxylic acids is 1. The lowest BCUT2D eigenvalue weighted by atomic mass is 10.2. The molecule has 3 rings (SSSR count). The summed E-state index contributed by atoms with van der Waals surface area (Å²) in [5.74, 6) is -2.35. The number of rotatable bonds is 7. The van der Waals surface area contributed by atoms with Crippen molar-refractivity contribution in [1.29, 1.82) is 0 Å². The van der Waals surface area contributed by atoms with Crippen LogP contribution in [0.1, 0.15) is 15.9 Å². The molecule has 1 amide bonds. The van der Waals surface area contributed by atoms with Gasteiger partial charge in [-0.25, -0.2) is 4.99 Å². The number of likely N-dealkylation sites (N-methyl/N-ethyl adjacent to an activating group) is 1. The molecule has 2 aromatic carbocycles. The largest absolute Gasteiger partial charge is 0.546 e. The number of nitrogens with zero attached hydrogens (tertiary/aromatic N) is 2. The van der Waals surface area contributed by atoms with Gasteiger partial charge in [-0.05, 0) is 53.2 Å². The van der Waals surface area contributed by atoms with Gasteiger partial charge in [-0.1, -0.05) is 18.2 Å². The number of carbonyl (C=O) groups excluding carboxylic acids is 3. The maximum atomic E-state index is 12.6. The number of carbonyl (C=O) groups is 3. The molecule has 160 valence electrons. The van der Waals surface area contributed by atoms with Crippen LogP contribution in [0.4, 0.5) is 5.69 Å². The number of amides is 1. The summed E-state index contributed by atoms with van der Waals surface area (Å²) in [4.78, 5) is 40.2. The topological polar surface area (TPSA) is 131 Å². The van der Waals surface area contributed by atoms with Crippen molar-refractivity contribution in [2.24, 2.45) is 4.99 Å². The molecule has 0 atom stereocenters. The third-order valence-electron chi connectivity index (χ3n) is 4.16. The highest BCUT2D eigenvalue weighted by molar-refractivity contribution is 8.18. The Balaban J connectivity index is 1.82. The van der Waals surface area contributed by atoms with Gasteiger partial charge in [0.05, 0.1) is 29.6 Å².